The molecular formula is C24H26ClNO5S. The summed E-state index contributed by atoms with van der Waals surface area (Å²) in [4.78, 5) is 12.2. The van der Waals surface area contributed by atoms with Crippen LogP contribution in [0, 0.1) is 27.7 Å². The number of hydrogen-bond donors (Lipinski definition) is 1. The normalized spacial score (nSPS) is 11.5. The van der Waals surface area contributed by atoms with Crippen LogP contribution in [0.25, 0.3) is 0 Å². The highest BCUT2D eigenvalue weighted by Gasteiger charge is 2.30. The smallest absolute Gasteiger partial charge is 0.352 e. The Morgan fingerprint density at radius 3 is 2.22 bits per heavy atom. The number of aromatic carboxylic acids is 1. The Kier molecular flexibility index (Phi) is 7.00. The predicted octanol–water partition coefficient (Wildman–Crippen LogP) is 5.38. The van der Waals surface area contributed by atoms with Crippen molar-refractivity contribution >= 4 is 27.4 Å². The van der Waals surface area contributed by atoms with Crippen LogP contribution >= 0.6 is 11.6 Å². The van der Waals surface area contributed by atoms with Crippen LogP contribution in [-0.2, 0) is 16.4 Å². The first-order chi connectivity index (χ1) is 15.1. The van der Waals surface area contributed by atoms with Gasteiger partial charge in [0.25, 0.3) is 0 Å². The summed E-state index contributed by atoms with van der Waals surface area (Å²) in [5.74, 6) is -0.472. The molecule has 0 aliphatic heterocycles. The third kappa shape index (κ3) is 4.54. The van der Waals surface area contributed by atoms with E-state index in [4.69, 9.17) is 16.3 Å². The number of sulfone groups is 1. The minimum absolute atomic E-state index is 0.0183. The lowest BCUT2D eigenvalue weighted by Gasteiger charge is -2.12. The second kappa shape index (κ2) is 9.38. The molecule has 0 saturated carbocycles. The summed E-state index contributed by atoms with van der Waals surface area (Å²) < 4.78 is 33.8. The van der Waals surface area contributed by atoms with Crippen molar-refractivity contribution in [3.8, 4) is 5.75 Å². The topological polar surface area (TPSA) is 85.6 Å². The van der Waals surface area contributed by atoms with Crippen molar-refractivity contribution in [2.24, 2.45) is 0 Å². The molecule has 0 fully saturated rings. The number of aromatic nitrogens is 1. The molecule has 1 N–H and O–H groups in total. The third-order valence-electron chi connectivity index (χ3n) is 5.43. The maximum absolute atomic E-state index is 13.2. The van der Waals surface area contributed by atoms with Crippen LogP contribution < -0.4 is 4.74 Å². The fraction of sp³-hybridized carbons (Fsp3) is 0.292. The van der Waals surface area contributed by atoms with E-state index in [2.05, 4.69) is 0 Å². The van der Waals surface area contributed by atoms with Gasteiger partial charge in [-0.2, -0.15) is 0 Å². The monoisotopic (exact) mass is 475 g/mol. The molecule has 1 aromatic heterocycles. The molecule has 8 heteroatoms. The van der Waals surface area contributed by atoms with E-state index in [1.165, 1.54) is 12.1 Å². The maximum atomic E-state index is 13.2. The Labute approximate surface area is 193 Å². The number of ether oxygens (including phenoxy) is 1. The van der Waals surface area contributed by atoms with E-state index in [1.807, 2.05) is 26.0 Å². The Morgan fingerprint density at radius 1 is 1.06 bits per heavy atom. The van der Waals surface area contributed by atoms with E-state index in [0.717, 1.165) is 11.1 Å². The van der Waals surface area contributed by atoms with E-state index in [1.54, 1.807) is 36.6 Å². The Bertz CT molecular complexity index is 1240. The van der Waals surface area contributed by atoms with Crippen LogP contribution in [-0.4, -0.2) is 30.7 Å². The highest BCUT2D eigenvalue weighted by Crippen LogP contribution is 2.32. The van der Waals surface area contributed by atoms with E-state index in [0.29, 0.717) is 36.0 Å². The van der Waals surface area contributed by atoms with Gasteiger partial charge in [-0.25, -0.2) is 13.2 Å². The third-order valence-corrected chi connectivity index (χ3v) is 8.06. The van der Waals surface area contributed by atoms with Crippen LogP contribution in [0.5, 0.6) is 5.75 Å². The zero-order valence-corrected chi connectivity index (χ0v) is 20.0. The van der Waals surface area contributed by atoms with Gasteiger partial charge in [0.1, 0.15) is 11.4 Å². The summed E-state index contributed by atoms with van der Waals surface area (Å²) in [6.07, 6.45) is 0.501. The van der Waals surface area contributed by atoms with Crippen molar-refractivity contribution in [1.82, 2.24) is 4.57 Å². The highest BCUT2D eigenvalue weighted by molar-refractivity contribution is 7.91. The molecule has 0 radical (unpaired) electrons. The minimum atomic E-state index is -3.85. The lowest BCUT2D eigenvalue weighted by Crippen LogP contribution is -2.13. The van der Waals surface area contributed by atoms with Gasteiger partial charge in [-0.05, 0) is 69.5 Å². The van der Waals surface area contributed by atoms with Gasteiger partial charge in [-0.15, -0.1) is 0 Å². The zero-order chi connectivity index (χ0) is 23.6. The van der Waals surface area contributed by atoms with Crippen molar-refractivity contribution in [3.05, 3.63) is 75.6 Å². The number of carboxylic acid groups (broad SMARTS) is 1. The minimum Gasteiger partial charge on any atom is -0.494 e. The van der Waals surface area contributed by atoms with Crippen LogP contribution in [0.15, 0.2) is 52.3 Å². The fourth-order valence-electron chi connectivity index (χ4n) is 3.94. The standard InChI is InChI=1S/C24H26ClNO5S/c1-15-13-19(14-16(2)21(15)25)31-12-8-11-26-18(4)23(17(3)22(26)24(27)28)32(29,30)20-9-6-5-7-10-20/h5-7,9-10,13-14H,8,11-12H2,1-4H3,(H,27,28). The Morgan fingerprint density at radius 2 is 1.66 bits per heavy atom. The SMILES string of the molecule is Cc1cc(OCCCn2c(C)c(S(=O)(=O)c3ccccc3)c(C)c2C(=O)O)cc(C)c1Cl. The number of nitrogens with zero attached hydrogens (tertiary/aromatic N) is 1. The largest absolute Gasteiger partial charge is 0.494 e. The summed E-state index contributed by atoms with van der Waals surface area (Å²) in [5.41, 5.74) is 2.46. The average molecular weight is 476 g/mol. The summed E-state index contributed by atoms with van der Waals surface area (Å²) in [6, 6.07) is 11.7. The van der Waals surface area contributed by atoms with Crippen molar-refractivity contribution in [3.63, 3.8) is 0 Å². The lowest BCUT2D eigenvalue weighted by molar-refractivity contribution is 0.0683. The van der Waals surface area contributed by atoms with Gasteiger partial charge in [0.2, 0.25) is 9.84 Å². The summed E-state index contributed by atoms with van der Waals surface area (Å²) in [7, 11) is -3.85. The van der Waals surface area contributed by atoms with E-state index >= 15 is 0 Å². The van der Waals surface area contributed by atoms with Gasteiger partial charge in [0.15, 0.2) is 0 Å². The van der Waals surface area contributed by atoms with Gasteiger partial charge in [-0.3, -0.25) is 0 Å². The van der Waals surface area contributed by atoms with Gasteiger partial charge >= 0.3 is 5.97 Å². The molecule has 0 bridgehead atoms. The Balaban J connectivity index is 1.86. The zero-order valence-electron chi connectivity index (χ0n) is 18.5. The molecule has 3 aromatic rings. The number of hydrogen-bond acceptors (Lipinski definition) is 4. The maximum Gasteiger partial charge on any atom is 0.352 e. The van der Waals surface area contributed by atoms with Crippen molar-refractivity contribution < 1.29 is 23.1 Å². The molecule has 0 aliphatic rings. The molecule has 0 amide bonds. The summed E-state index contributed by atoms with van der Waals surface area (Å²) >= 11 is 6.19. The molecule has 0 unspecified atom stereocenters. The number of aryl methyl sites for hydroxylation is 2. The number of benzene rings is 2. The van der Waals surface area contributed by atoms with Crippen LogP contribution in [0.2, 0.25) is 5.02 Å². The van der Waals surface area contributed by atoms with Gasteiger partial charge in [0, 0.05) is 22.8 Å². The number of rotatable bonds is 8. The molecule has 32 heavy (non-hydrogen) atoms. The van der Waals surface area contributed by atoms with Crippen LogP contribution in [0.1, 0.15) is 39.3 Å². The van der Waals surface area contributed by atoms with E-state index < -0.39 is 15.8 Å². The first-order valence-corrected chi connectivity index (χ1v) is 12.0. The Hall–Kier alpha value is -2.77. The molecule has 1 heterocycles. The molecule has 6 nitrogen and oxygen atoms in total. The van der Waals surface area contributed by atoms with E-state index in [9.17, 15) is 18.3 Å². The summed E-state index contributed by atoms with van der Waals surface area (Å²) in [6.45, 7) is 7.64. The fourth-order valence-corrected chi connectivity index (χ4v) is 5.80. The van der Waals surface area contributed by atoms with Gasteiger partial charge < -0.3 is 14.4 Å². The first-order valence-electron chi connectivity index (χ1n) is 10.2. The highest BCUT2D eigenvalue weighted by atomic mass is 35.5. The lowest BCUT2D eigenvalue weighted by atomic mass is 10.1. The molecule has 0 atom stereocenters. The first kappa shape index (κ1) is 23.9. The molecule has 0 spiro atoms. The second-order valence-electron chi connectivity index (χ2n) is 7.73. The molecule has 2 aromatic carbocycles. The predicted molar refractivity (Wildman–Crippen MR) is 124 cm³/mol. The number of halogens is 1. The van der Waals surface area contributed by atoms with Gasteiger partial charge in [0.05, 0.1) is 16.4 Å². The summed E-state index contributed by atoms with van der Waals surface area (Å²) in [5, 5.41) is 10.5. The van der Waals surface area contributed by atoms with Crippen LogP contribution in [0.3, 0.4) is 0 Å². The molecule has 0 aliphatic carbocycles. The quantitative estimate of drug-likeness (QED) is 0.442. The molecule has 3 rings (SSSR count). The molecule has 0 saturated heterocycles. The number of carboxylic acids is 1. The number of carbonyl (C=O) groups is 1. The van der Waals surface area contributed by atoms with Crippen molar-refractivity contribution in [1.29, 1.82) is 0 Å². The van der Waals surface area contributed by atoms with E-state index in [-0.39, 0.29) is 21.0 Å². The van der Waals surface area contributed by atoms with Gasteiger partial charge in [-0.1, -0.05) is 29.8 Å². The van der Waals surface area contributed by atoms with Crippen LogP contribution in [0.4, 0.5) is 0 Å². The molecular weight excluding hydrogens is 450 g/mol. The second-order valence-corrected chi connectivity index (χ2v) is 10.00. The molecule has 170 valence electrons. The van der Waals surface area contributed by atoms with Crippen molar-refractivity contribution in [2.75, 3.05) is 6.61 Å². The van der Waals surface area contributed by atoms with Crippen molar-refractivity contribution in [2.45, 2.75) is 50.5 Å². The average Bonchev–Trinajstić information content (AvgIpc) is 3.00.